The SMILES string of the molecule is O=P([O-])(O)OP(=O)([O-])OP(=O)(O)OCC1OC(n2cnc3c2ncn2ccnc32)C(O)C1O. The number of phosphoric ester groups is 1. The maximum atomic E-state index is 11.8. The van der Waals surface area contributed by atoms with E-state index in [0.29, 0.717) is 11.2 Å². The molecule has 7 unspecified atom stereocenters. The van der Waals surface area contributed by atoms with Crippen molar-refractivity contribution in [1.29, 1.82) is 0 Å². The van der Waals surface area contributed by atoms with Crippen LogP contribution in [0.4, 0.5) is 0 Å². The van der Waals surface area contributed by atoms with Crippen LogP contribution in [0.15, 0.2) is 25.0 Å². The fourth-order valence-electron chi connectivity index (χ4n) is 3.09. The summed E-state index contributed by atoms with van der Waals surface area (Å²) in [6, 6.07) is 0. The third-order valence-corrected chi connectivity index (χ3v) is 8.10. The Bertz CT molecular complexity index is 1320. The zero-order valence-corrected chi connectivity index (χ0v) is 18.5. The Labute approximate surface area is 182 Å². The Kier molecular flexibility index (Phi) is 6.35. The number of hydrogen-bond donors (Lipinski definition) is 4. The maximum absolute atomic E-state index is 11.8. The molecule has 0 amide bonds. The Balaban J connectivity index is 1.47. The van der Waals surface area contributed by atoms with E-state index in [0.717, 1.165) is 0 Å². The van der Waals surface area contributed by atoms with Gasteiger partial charge in [0.15, 0.2) is 23.0 Å². The molecule has 0 radical (unpaired) electrons. The minimum Gasteiger partial charge on any atom is -0.756 e. The van der Waals surface area contributed by atoms with Gasteiger partial charge < -0.3 is 34.5 Å². The molecular formula is C12H14N5O13P3-2. The number of nitrogens with zero attached hydrogens (tertiary/aromatic N) is 5. The highest BCUT2D eigenvalue weighted by atomic mass is 31.3. The summed E-state index contributed by atoms with van der Waals surface area (Å²) in [6.45, 7) is -0.985. The van der Waals surface area contributed by atoms with E-state index in [2.05, 4.69) is 28.1 Å². The number of phosphoric acid groups is 3. The zero-order chi connectivity index (χ0) is 24.2. The van der Waals surface area contributed by atoms with Gasteiger partial charge in [-0.2, -0.15) is 0 Å². The van der Waals surface area contributed by atoms with Crippen molar-refractivity contribution in [3.8, 4) is 0 Å². The van der Waals surface area contributed by atoms with Crippen LogP contribution < -0.4 is 9.79 Å². The molecule has 7 atom stereocenters. The van der Waals surface area contributed by atoms with Gasteiger partial charge in [0.25, 0.3) is 15.6 Å². The molecule has 3 aromatic heterocycles. The van der Waals surface area contributed by atoms with Gasteiger partial charge in [-0.1, -0.05) is 0 Å². The van der Waals surface area contributed by atoms with Gasteiger partial charge in [0.05, 0.1) is 12.9 Å². The van der Waals surface area contributed by atoms with Crippen LogP contribution in [0.2, 0.25) is 0 Å². The van der Waals surface area contributed by atoms with Crippen molar-refractivity contribution >= 4 is 40.3 Å². The number of aliphatic hydroxyl groups is 2. The molecule has 182 valence electrons. The van der Waals surface area contributed by atoms with E-state index in [1.54, 1.807) is 10.6 Å². The lowest BCUT2D eigenvalue weighted by molar-refractivity contribution is -0.236. The highest BCUT2D eigenvalue weighted by molar-refractivity contribution is 7.65. The van der Waals surface area contributed by atoms with Crippen LogP contribution in [0.25, 0.3) is 16.8 Å². The van der Waals surface area contributed by atoms with Crippen molar-refractivity contribution in [2.45, 2.75) is 24.5 Å². The van der Waals surface area contributed by atoms with Crippen molar-refractivity contribution in [2.75, 3.05) is 6.61 Å². The van der Waals surface area contributed by atoms with E-state index in [4.69, 9.17) is 9.63 Å². The Morgan fingerprint density at radius 3 is 2.45 bits per heavy atom. The van der Waals surface area contributed by atoms with Crippen molar-refractivity contribution in [1.82, 2.24) is 23.9 Å². The van der Waals surface area contributed by atoms with Gasteiger partial charge in [-0.15, -0.1) is 0 Å². The summed E-state index contributed by atoms with van der Waals surface area (Å²) in [5, 5.41) is 20.6. The first-order valence-corrected chi connectivity index (χ1v) is 13.1. The summed E-state index contributed by atoms with van der Waals surface area (Å²) >= 11 is 0. The van der Waals surface area contributed by atoms with E-state index in [-0.39, 0.29) is 5.65 Å². The lowest BCUT2D eigenvalue weighted by Crippen LogP contribution is -2.33. The zero-order valence-electron chi connectivity index (χ0n) is 15.9. The average Bonchev–Trinajstić information content (AvgIpc) is 3.35. The maximum Gasteiger partial charge on any atom is 0.478 e. The molecule has 0 aromatic carbocycles. The summed E-state index contributed by atoms with van der Waals surface area (Å²) in [6.07, 6.45) is -0.190. The number of hydrogen-bond acceptors (Lipinski definition) is 14. The quantitative estimate of drug-likeness (QED) is 0.225. The van der Waals surface area contributed by atoms with Crippen LogP contribution in [0, 0.1) is 0 Å². The highest BCUT2D eigenvalue weighted by Crippen LogP contribution is 2.63. The minimum absolute atomic E-state index is 0.234. The van der Waals surface area contributed by atoms with Crippen LogP contribution in [0.1, 0.15) is 6.23 Å². The molecule has 0 spiro atoms. The van der Waals surface area contributed by atoms with Gasteiger partial charge >= 0.3 is 7.82 Å². The second-order valence-electron chi connectivity index (χ2n) is 6.62. The van der Waals surface area contributed by atoms with Crippen LogP contribution in [0.5, 0.6) is 0 Å². The number of ether oxygens (including phenoxy) is 1. The summed E-state index contributed by atoms with van der Waals surface area (Å²) in [4.78, 5) is 52.1. The molecule has 0 saturated carbocycles. The first-order chi connectivity index (χ1) is 15.3. The van der Waals surface area contributed by atoms with Gasteiger partial charge in [-0.25, -0.2) is 28.1 Å². The fourth-order valence-corrected chi connectivity index (χ4v) is 6.02. The normalized spacial score (nSPS) is 29.2. The van der Waals surface area contributed by atoms with Crippen LogP contribution >= 0.6 is 23.5 Å². The average molecular weight is 529 g/mol. The Morgan fingerprint density at radius 2 is 1.76 bits per heavy atom. The molecule has 4 rings (SSSR count). The van der Waals surface area contributed by atoms with Crippen LogP contribution in [-0.2, 0) is 31.6 Å². The van der Waals surface area contributed by atoms with E-state index < -0.39 is 54.6 Å². The molecule has 4 N–H and O–H groups in total. The number of aromatic nitrogens is 5. The number of imidazole rings is 2. The molecule has 3 aromatic rings. The highest BCUT2D eigenvalue weighted by Gasteiger charge is 2.45. The summed E-state index contributed by atoms with van der Waals surface area (Å²) in [5.41, 5.74) is 1.05. The van der Waals surface area contributed by atoms with Crippen molar-refractivity contribution in [2.24, 2.45) is 0 Å². The van der Waals surface area contributed by atoms with Gasteiger partial charge in [-0.05, 0) is 0 Å². The van der Waals surface area contributed by atoms with E-state index >= 15 is 0 Å². The van der Waals surface area contributed by atoms with Crippen LogP contribution in [-0.4, -0.2) is 68.8 Å². The number of fused-ring (bicyclic) bond motifs is 3. The van der Waals surface area contributed by atoms with Crippen molar-refractivity contribution < 1.29 is 61.4 Å². The molecule has 1 aliphatic heterocycles. The van der Waals surface area contributed by atoms with Crippen LogP contribution in [0.3, 0.4) is 0 Å². The third-order valence-electron chi connectivity index (χ3n) is 4.37. The third kappa shape index (κ3) is 5.23. The number of rotatable bonds is 8. The fraction of sp³-hybridized carbons (Fsp3) is 0.417. The lowest BCUT2D eigenvalue weighted by Gasteiger charge is -2.28. The summed E-state index contributed by atoms with van der Waals surface area (Å²) in [5.74, 6) is 0. The molecule has 18 nitrogen and oxygen atoms in total. The molecule has 0 aliphatic carbocycles. The second kappa shape index (κ2) is 8.55. The van der Waals surface area contributed by atoms with Gasteiger partial charge in [0.2, 0.25) is 0 Å². The summed E-state index contributed by atoms with van der Waals surface area (Å²) in [7, 11) is -17.4. The molecule has 1 saturated heterocycles. The van der Waals surface area contributed by atoms with Crippen molar-refractivity contribution in [3.63, 3.8) is 0 Å². The van der Waals surface area contributed by atoms with Crippen molar-refractivity contribution in [3.05, 3.63) is 25.0 Å². The van der Waals surface area contributed by atoms with E-state index in [1.165, 1.54) is 23.4 Å². The molecule has 1 aliphatic rings. The summed E-state index contributed by atoms with van der Waals surface area (Å²) < 4.78 is 53.1. The standard InChI is InChI=1S/C12H16N5O13P3/c18-8-6(3-27-32(23,24)30-33(25,26)29-31(20,21)22)28-12(9(8)19)17-5-14-7-10-13-1-2-16(10)4-15-11(7)17/h1-2,4-6,8-9,12,18-19H,3H2,(H,23,24)(H,25,26)(H2,20,21,22)/p-2. The predicted molar refractivity (Wildman–Crippen MR) is 97.6 cm³/mol. The van der Waals surface area contributed by atoms with Gasteiger partial charge in [0, 0.05) is 12.4 Å². The minimum atomic E-state index is -6.01. The topological polar surface area (TPSA) is 263 Å². The molecule has 21 heteroatoms. The smallest absolute Gasteiger partial charge is 0.478 e. The largest absolute Gasteiger partial charge is 0.756 e. The lowest BCUT2D eigenvalue weighted by atomic mass is 10.1. The Hall–Kier alpha value is -1.62. The first-order valence-electron chi connectivity index (χ1n) is 8.67. The van der Waals surface area contributed by atoms with E-state index in [1.807, 2.05) is 0 Å². The molecule has 0 bridgehead atoms. The monoisotopic (exact) mass is 529 g/mol. The van der Waals surface area contributed by atoms with Gasteiger partial charge in [0.1, 0.15) is 24.6 Å². The molecule has 1 fully saturated rings. The molecular weight excluding hydrogens is 515 g/mol. The number of aliphatic hydroxyl groups excluding tert-OH is 2. The molecule has 33 heavy (non-hydrogen) atoms. The van der Waals surface area contributed by atoms with Gasteiger partial charge in [-0.3, -0.25) is 22.6 Å². The predicted octanol–water partition coefficient (Wildman–Crippen LogP) is -2.22. The Morgan fingerprint density at radius 1 is 1.03 bits per heavy atom. The molecule has 4 heterocycles. The second-order valence-corrected chi connectivity index (χ2v) is 10.9. The first kappa shape index (κ1) is 24.5. The van der Waals surface area contributed by atoms with E-state index in [9.17, 15) is 38.6 Å².